The summed E-state index contributed by atoms with van der Waals surface area (Å²) in [6, 6.07) is 1.77. The molecule has 1 unspecified atom stereocenters. The number of amides is 1. The van der Waals surface area contributed by atoms with Crippen LogP contribution >= 0.6 is 30.1 Å². The maximum atomic E-state index is 12.7. The van der Waals surface area contributed by atoms with Crippen LogP contribution in [0, 0.1) is 10.5 Å². The van der Waals surface area contributed by atoms with Gasteiger partial charge < -0.3 is 9.26 Å². The molecular formula is C11H13INO4P. The molecule has 1 aromatic carbocycles. The van der Waals surface area contributed by atoms with Crippen LogP contribution in [0.25, 0.3) is 0 Å². The molecule has 1 aromatic rings. The summed E-state index contributed by atoms with van der Waals surface area (Å²) in [4.78, 5) is 12.0. The van der Waals surface area contributed by atoms with E-state index in [1.807, 2.05) is 6.92 Å². The van der Waals surface area contributed by atoms with E-state index in [0.717, 1.165) is 9.13 Å². The van der Waals surface area contributed by atoms with Crippen LogP contribution in [-0.4, -0.2) is 19.6 Å². The molecule has 0 saturated heterocycles. The number of carbonyl (C=O) groups excluding carboxylic acids is 1. The molecule has 1 amide bonds. The van der Waals surface area contributed by atoms with Gasteiger partial charge in [0.2, 0.25) is 0 Å². The molecule has 0 radical (unpaired) electrons. The van der Waals surface area contributed by atoms with Crippen LogP contribution in [0.5, 0.6) is 5.75 Å². The molecule has 7 heteroatoms. The van der Waals surface area contributed by atoms with E-state index in [4.69, 9.17) is 9.26 Å². The summed E-state index contributed by atoms with van der Waals surface area (Å²) >= 11 is 2.07. The maximum Gasteiger partial charge on any atom is 0.330 e. The van der Waals surface area contributed by atoms with Gasteiger partial charge in [0, 0.05) is 3.57 Å². The molecule has 18 heavy (non-hydrogen) atoms. The van der Waals surface area contributed by atoms with E-state index in [9.17, 15) is 9.36 Å². The van der Waals surface area contributed by atoms with Crippen LogP contribution < -0.4 is 15.1 Å². The van der Waals surface area contributed by atoms with Crippen molar-refractivity contribution in [3.63, 3.8) is 0 Å². The lowest BCUT2D eigenvalue weighted by atomic mass is 10.1. The van der Waals surface area contributed by atoms with Gasteiger partial charge in [-0.1, -0.05) is 0 Å². The lowest BCUT2D eigenvalue weighted by Crippen LogP contribution is -2.15. The van der Waals surface area contributed by atoms with E-state index < -0.39 is 7.52 Å². The number of methoxy groups -OCH3 is 1. The van der Waals surface area contributed by atoms with Crippen molar-refractivity contribution in [1.29, 1.82) is 0 Å². The number of carbonyl (C=O) groups is 1. The topological polar surface area (TPSA) is 64.6 Å². The monoisotopic (exact) mass is 381 g/mol. The zero-order valence-corrected chi connectivity index (χ0v) is 13.3. The Labute approximate surface area is 119 Å². The highest BCUT2D eigenvalue weighted by Gasteiger charge is 2.44. The number of aryl methyl sites for hydroxylation is 1. The second-order valence-electron chi connectivity index (χ2n) is 3.84. The fourth-order valence-corrected chi connectivity index (χ4v) is 4.82. The minimum absolute atomic E-state index is 0.255. The highest BCUT2D eigenvalue weighted by Crippen LogP contribution is 2.50. The predicted octanol–water partition coefficient (Wildman–Crippen LogP) is 2.21. The zero-order chi connectivity index (χ0) is 13.5. The smallest absolute Gasteiger partial charge is 0.330 e. The van der Waals surface area contributed by atoms with E-state index in [0.29, 0.717) is 16.6 Å². The summed E-state index contributed by atoms with van der Waals surface area (Å²) in [7, 11) is -1.86. The molecule has 1 N–H and O–H groups in total. The fourth-order valence-electron chi connectivity index (χ4n) is 1.93. The van der Waals surface area contributed by atoms with Gasteiger partial charge in [0.25, 0.3) is 5.91 Å². The molecule has 0 saturated carbocycles. The van der Waals surface area contributed by atoms with E-state index >= 15 is 0 Å². The first-order valence-corrected chi connectivity index (χ1v) is 8.09. The van der Waals surface area contributed by atoms with Gasteiger partial charge in [0.15, 0.2) is 0 Å². The van der Waals surface area contributed by atoms with Gasteiger partial charge in [0.05, 0.1) is 19.3 Å². The van der Waals surface area contributed by atoms with Crippen LogP contribution in [0.2, 0.25) is 0 Å². The standard InChI is InChI=1S/C11H13INO4P/c1-4-17-18(15)10-7(16-3)5-6(2)9(12)8(10)11(14)13-18/h5H,4H2,1-3H3,(H,13,14,15). The summed E-state index contributed by atoms with van der Waals surface area (Å²) in [5, 5.41) is 2.80. The van der Waals surface area contributed by atoms with E-state index in [2.05, 4.69) is 27.7 Å². The molecule has 1 aliphatic heterocycles. The minimum atomic E-state index is -3.35. The molecular weight excluding hydrogens is 368 g/mol. The lowest BCUT2D eigenvalue weighted by Gasteiger charge is -2.15. The van der Waals surface area contributed by atoms with Gasteiger partial charge in [-0.05, 0) is 48.1 Å². The summed E-state index contributed by atoms with van der Waals surface area (Å²) in [6.07, 6.45) is 0. The van der Waals surface area contributed by atoms with Crippen LogP contribution in [0.15, 0.2) is 6.07 Å². The Morgan fingerprint density at radius 3 is 2.72 bits per heavy atom. The van der Waals surface area contributed by atoms with Gasteiger partial charge in [-0.15, -0.1) is 0 Å². The maximum absolute atomic E-state index is 12.7. The van der Waals surface area contributed by atoms with E-state index in [-0.39, 0.29) is 12.5 Å². The van der Waals surface area contributed by atoms with Crippen LogP contribution in [0.1, 0.15) is 22.8 Å². The van der Waals surface area contributed by atoms with Crippen molar-refractivity contribution in [1.82, 2.24) is 5.09 Å². The molecule has 0 aromatic heterocycles. The minimum Gasteiger partial charge on any atom is -0.496 e. The average Bonchev–Trinajstić information content (AvgIpc) is 2.56. The fraction of sp³-hybridized carbons (Fsp3) is 0.364. The molecule has 1 aliphatic rings. The first-order chi connectivity index (χ1) is 8.44. The van der Waals surface area contributed by atoms with Crippen LogP contribution in [0.3, 0.4) is 0 Å². The Balaban J connectivity index is 2.77. The van der Waals surface area contributed by atoms with Gasteiger partial charge in [-0.3, -0.25) is 14.4 Å². The van der Waals surface area contributed by atoms with Gasteiger partial charge in [-0.25, -0.2) is 0 Å². The average molecular weight is 381 g/mol. The van der Waals surface area contributed by atoms with Crippen molar-refractivity contribution >= 4 is 41.3 Å². The van der Waals surface area contributed by atoms with Crippen molar-refractivity contribution in [3.05, 3.63) is 20.8 Å². The molecule has 5 nitrogen and oxygen atoms in total. The quantitative estimate of drug-likeness (QED) is 0.644. The molecule has 0 bridgehead atoms. The highest BCUT2D eigenvalue weighted by molar-refractivity contribution is 14.1. The third-order valence-electron chi connectivity index (χ3n) is 2.68. The predicted molar refractivity (Wildman–Crippen MR) is 76.8 cm³/mol. The summed E-state index contributed by atoms with van der Waals surface area (Å²) in [5.74, 6) is 0.0613. The lowest BCUT2D eigenvalue weighted by molar-refractivity contribution is 0.0981. The molecule has 0 spiro atoms. The molecule has 98 valence electrons. The van der Waals surface area contributed by atoms with E-state index in [1.165, 1.54) is 7.11 Å². The van der Waals surface area contributed by atoms with Crippen molar-refractivity contribution in [2.45, 2.75) is 13.8 Å². The van der Waals surface area contributed by atoms with Gasteiger partial charge >= 0.3 is 7.52 Å². The number of rotatable bonds is 3. The Hall–Kier alpha value is -0.590. The number of hydrogen-bond acceptors (Lipinski definition) is 4. The number of nitrogens with one attached hydrogen (secondary N) is 1. The van der Waals surface area contributed by atoms with Crippen molar-refractivity contribution in [2.24, 2.45) is 0 Å². The second kappa shape index (κ2) is 4.83. The summed E-state index contributed by atoms with van der Waals surface area (Å²) < 4.78 is 23.9. The third-order valence-corrected chi connectivity index (χ3v) is 6.23. The Morgan fingerprint density at radius 1 is 1.50 bits per heavy atom. The SMILES string of the molecule is CCOP1(=O)NC(=O)c2c(I)c(C)cc(OC)c21. The van der Waals surface area contributed by atoms with Crippen molar-refractivity contribution < 1.29 is 18.6 Å². The van der Waals surface area contributed by atoms with Gasteiger partial charge in [-0.2, -0.15) is 0 Å². The van der Waals surface area contributed by atoms with Crippen LogP contribution in [0.4, 0.5) is 0 Å². The zero-order valence-electron chi connectivity index (χ0n) is 10.2. The number of ether oxygens (including phenoxy) is 1. The largest absolute Gasteiger partial charge is 0.496 e. The highest BCUT2D eigenvalue weighted by atomic mass is 127. The van der Waals surface area contributed by atoms with E-state index in [1.54, 1.807) is 13.0 Å². The van der Waals surface area contributed by atoms with Crippen molar-refractivity contribution in [3.8, 4) is 5.75 Å². The molecule has 1 heterocycles. The third kappa shape index (κ3) is 1.96. The first-order valence-electron chi connectivity index (χ1n) is 5.39. The number of hydrogen-bond donors (Lipinski definition) is 1. The van der Waals surface area contributed by atoms with Crippen LogP contribution in [-0.2, 0) is 9.09 Å². The number of halogens is 1. The van der Waals surface area contributed by atoms with Crippen molar-refractivity contribution in [2.75, 3.05) is 13.7 Å². The summed E-state index contributed by atoms with van der Waals surface area (Å²) in [5.41, 5.74) is 1.32. The number of fused-ring (bicyclic) bond motifs is 1. The molecule has 1 atom stereocenters. The first kappa shape index (κ1) is 13.8. The number of benzene rings is 1. The molecule has 2 rings (SSSR count). The Kier molecular flexibility index (Phi) is 3.71. The Bertz CT molecular complexity index is 573. The normalized spacial score (nSPS) is 21.7. The molecule has 0 fully saturated rings. The summed E-state index contributed by atoms with van der Waals surface area (Å²) in [6.45, 7) is 3.86. The second-order valence-corrected chi connectivity index (χ2v) is 6.95. The van der Waals surface area contributed by atoms with Gasteiger partial charge in [0.1, 0.15) is 11.1 Å². The molecule has 0 aliphatic carbocycles. The Morgan fingerprint density at radius 2 is 2.17 bits per heavy atom.